The van der Waals surface area contributed by atoms with Gasteiger partial charge in [0.05, 0.1) is 6.04 Å². The molecule has 0 spiro atoms. The molecule has 0 saturated heterocycles. The second kappa shape index (κ2) is 6.63. The smallest absolute Gasteiger partial charge is 0.337 e. The fourth-order valence-electron chi connectivity index (χ4n) is 8.00. The van der Waals surface area contributed by atoms with Crippen LogP contribution < -0.4 is 5.73 Å². The van der Waals surface area contributed by atoms with Crippen molar-refractivity contribution >= 4 is 11.9 Å². The molecular weight excluding hydrogens is 376 g/mol. The van der Waals surface area contributed by atoms with E-state index in [1.54, 1.807) is 17.3 Å². The minimum atomic E-state index is -0.426. The lowest BCUT2D eigenvalue weighted by atomic mass is 9.48. The molecule has 6 heteroatoms. The summed E-state index contributed by atoms with van der Waals surface area (Å²) in [5.74, 6) is 2.08. The molecule has 2 unspecified atom stereocenters. The summed E-state index contributed by atoms with van der Waals surface area (Å²) in [5.41, 5.74) is 5.91. The number of fused-ring (bicyclic) bond motifs is 5. The Bertz CT molecular complexity index is 850. The monoisotopic (exact) mass is 410 g/mol. The normalized spacial score (nSPS) is 44.7. The van der Waals surface area contributed by atoms with E-state index in [1.165, 1.54) is 19.3 Å². The Labute approximate surface area is 179 Å². The van der Waals surface area contributed by atoms with Crippen LogP contribution in [0.5, 0.6) is 0 Å². The molecular formula is C24H34N4O2. The highest BCUT2D eigenvalue weighted by molar-refractivity contribution is 5.89. The van der Waals surface area contributed by atoms with Crippen molar-refractivity contribution in [3.05, 3.63) is 36.7 Å². The van der Waals surface area contributed by atoms with Crippen LogP contribution in [0.2, 0.25) is 0 Å². The van der Waals surface area contributed by atoms with Gasteiger partial charge in [-0.05, 0) is 79.9 Å². The van der Waals surface area contributed by atoms with Crippen molar-refractivity contribution in [3.8, 4) is 0 Å². The predicted molar refractivity (Wildman–Crippen MR) is 115 cm³/mol. The molecule has 30 heavy (non-hydrogen) atoms. The molecule has 2 aliphatic heterocycles. The SMILES string of the molecule is CN1C(=O)C=C[C@@]2(C)C1CC[C@@H]1[C@H]2CC[C@]2(C)C(N3C=CC=CN3C(N)=O)CC[C@@H]12. The van der Waals surface area contributed by atoms with E-state index in [1.807, 2.05) is 30.3 Å². The summed E-state index contributed by atoms with van der Waals surface area (Å²) in [6, 6.07) is 0.177. The lowest BCUT2D eigenvalue weighted by Crippen LogP contribution is -2.61. The standard InChI is InChI=1S/C24H34N4O2/c1-23-13-11-21(29)26(3)19(23)8-6-16-17-7-9-20(24(17,2)12-10-18(16)23)27-14-4-5-15-28(27)22(25)30/h4-5,11,13-20H,6-10,12H2,1-3H3,(H2,25,30)/t16-,17-,18+,19?,20?,23+,24-/m0/s1. The number of primary amides is 1. The Morgan fingerprint density at radius 3 is 2.53 bits per heavy atom. The van der Waals surface area contributed by atoms with Crippen LogP contribution in [0.3, 0.4) is 0 Å². The Kier molecular flexibility index (Phi) is 4.35. The first-order chi connectivity index (χ1) is 14.3. The Morgan fingerprint density at radius 2 is 1.77 bits per heavy atom. The number of rotatable bonds is 1. The van der Waals surface area contributed by atoms with Gasteiger partial charge in [-0.25, -0.2) is 9.80 Å². The molecule has 2 N–H and O–H groups in total. The maximum atomic E-state index is 12.3. The summed E-state index contributed by atoms with van der Waals surface area (Å²) in [6.07, 6.45) is 18.6. The van der Waals surface area contributed by atoms with Crippen LogP contribution in [0.15, 0.2) is 36.7 Å². The van der Waals surface area contributed by atoms with Crippen LogP contribution in [0, 0.1) is 28.6 Å². The first kappa shape index (κ1) is 19.7. The lowest BCUT2D eigenvalue weighted by molar-refractivity contribution is -0.140. The minimum Gasteiger partial charge on any atom is -0.350 e. The molecule has 162 valence electrons. The molecule has 6 nitrogen and oxygen atoms in total. The fraction of sp³-hybridized carbons (Fsp3) is 0.667. The number of allylic oxidation sites excluding steroid dienone is 2. The average molecular weight is 411 g/mol. The summed E-state index contributed by atoms with van der Waals surface area (Å²) in [4.78, 5) is 26.3. The predicted octanol–water partition coefficient (Wildman–Crippen LogP) is 3.63. The van der Waals surface area contributed by atoms with Crippen LogP contribution in [0.25, 0.3) is 0 Å². The van der Waals surface area contributed by atoms with Gasteiger partial charge in [-0.3, -0.25) is 9.80 Å². The zero-order valence-electron chi connectivity index (χ0n) is 18.3. The van der Waals surface area contributed by atoms with Gasteiger partial charge in [0, 0.05) is 30.9 Å². The van der Waals surface area contributed by atoms with E-state index in [2.05, 4.69) is 24.9 Å². The van der Waals surface area contributed by atoms with Crippen LogP contribution >= 0.6 is 0 Å². The van der Waals surface area contributed by atoms with Gasteiger partial charge in [0.2, 0.25) is 5.91 Å². The number of nitrogens with zero attached hydrogens (tertiary/aromatic N) is 3. The van der Waals surface area contributed by atoms with E-state index in [0.717, 1.165) is 19.3 Å². The molecule has 2 heterocycles. The van der Waals surface area contributed by atoms with Gasteiger partial charge < -0.3 is 10.6 Å². The largest absolute Gasteiger partial charge is 0.350 e. The topological polar surface area (TPSA) is 69.9 Å². The lowest BCUT2D eigenvalue weighted by Gasteiger charge is -2.60. The van der Waals surface area contributed by atoms with Gasteiger partial charge in [0.25, 0.3) is 0 Å². The van der Waals surface area contributed by atoms with Crippen molar-refractivity contribution in [3.63, 3.8) is 0 Å². The number of likely N-dealkylation sites (N-methyl/N-ethyl adjacent to an activating group) is 1. The molecule has 0 aromatic heterocycles. The molecule has 3 saturated carbocycles. The molecule has 7 atom stereocenters. The van der Waals surface area contributed by atoms with E-state index in [0.29, 0.717) is 23.8 Å². The van der Waals surface area contributed by atoms with Crippen LogP contribution in [0.1, 0.15) is 52.4 Å². The van der Waals surface area contributed by atoms with E-state index in [9.17, 15) is 9.59 Å². The third-order valence-electron chi connectivity index (χ3n) is 9.45. The van der Waals surface area contributed by atoms with Gasteiger partial charge in [-0.2, -0.15) is 0 Å². The first-order valence-electron chi connectivity index (χ1n) is 11.5. The molecule has 3 aliphatic carbocycles. The van der Waals surface area contributed by atoms with E-state index in [4.69, 9.17) is 5.73 Å². The van der Waals surface area contributed by atoms with Crippen LogP contribution in [-0.4, -0.2) is 46.0 Å². The second-order valence-electron chi connectivity index (χ2n) is 10.5. The van der Waals surface area contributed by atoms with Crippen LogP contribution in [-0.2, 0) is 4.79 Å². The zero-order chi connectivity index (χ0) is 21.3. The van der Waals surface area contributed by atoms with Crippen molar-refractivity contribution < 1.29 is 9.59 Å². The number of hydrazine groups is 1. The number of carbonyl (C=O) groups excluding carboxylic acids is 2. The van der Waals surface area contributed by atoms with Crippen molar-refractivity contribution in [2.45, 2.75) is 64.5 Å². The maximum absolute atomic E-state index is 12.3. The Morgan fingerprint density at radius 1 is 1.03 bits per heavy atom. The Hall–Kier alpha value is -2.24. The van der Waals surface area contributed by atoms with Gasteiger partial charge in [-0.15, -0.1) is 0 Å². The zero-order valence-corrected chi connectivity index (χ0v) is 18.3. The molecule has 0 radical (unpaired) electrons. The van der Waals surface area contributed by atoms with Gasteiger partial charge in [-0.1, -0.05) is 19.9 Å². The molecule has 0 bridgehead atoms. The molecule has 0 aromatic rings. The third kappa shape index (κ3) is 2.55. The summed E-state index contributed by atoms with van der Waals surface area (Å²) in [6.45, 7) is 4.83. The molecule has 3 amide bonds. The number of carbonyl (C=O) groups is 2. The summed E-state index contributed by atoms with van der Waals surface area (Å²) >= 11 is 0. The highest BCUT2D eigenvalue weighted by Gasteiger charge is 2.61. The van der Waals surface area contributed by atoms with Gasteiger partial charge in [0.15, 0.2) is 0 Å². The highest BCUT2D eigenvalue weighted by atomic mass is 16.2. The van der Waals surface area contributed by atoms with Crippen molar-refractivity contribution in [1.82, 2.24) is 14.9 Å². The average Bonchev–Trinajstić information content (AvgIpc) is 3.08. The number of urea groups is 1. The fourth-order valence-corrected chi connectivity index (χ4v) is 8.00. The number of nitrogens with two attached hydrogens (primary N) is 1. The van der Waals surface area contributed by atoms with Crippen molar-refractivity contribution in [1.29, 1.82) is 0 Å². The number of amides is 3. The quantitative estimate of drug-likeness (QED) is 0.718. The highest BCUT2D eigenvalue weighted by Crippen LogP contribution is 2.64. The molecule has 5 rings (SSSR count). The van der Waals surface area contributed by atoms with Gasteiger partial charge >= 0.3 is 6.03 Å². The van der Waals surface area contributed by atoms with E-state index < -0.39 is 6.03 Å². The number of hydrogen-bond acceptors (Lipinski definition) is 3. The molecule has 5 aliphatic rings. The first-order valence-corrected chi connectivity index (χ1v) is 11.5. The molecule has 3 fully saturated rings. The van der Waals surface area contributed by atoms with Crippen molar-refractivity contribution in [2.24, 2.45) is 34.3 Å². The van der Waals surface area contributed by atoms with Gasteiger partial charge in [0.1, 0.15) is 0 Å². The Balaban J connectivity index is 1.44. The third-order valence-corrected chi connectivity index (χ3v) is 9.45. The number of hydrogen-bond donors (Lipinski definition) is 1. The second-order valence-corrected chi connectivity index (χ2v) is 10.5. The van der Waals surface area contributed by atoms with Crippen LogP contribution in [0.4, 0.5) is 4.79 Å². The summed E-state index contributed by atoms with van der Waals surface area (Å²) < 4.78 is 0. The molecule has 0 aromatic carbocycles. The van der Waals surface area contributed by atoms with E-state index in [-0.39, 0.29) is 22.8 Å². The van der Waals surface area contributed by atoms with E-state index >= 15 is 0 Å². The van der Waals surface area contributed by atoms with Crippen molar-refractivity contribution in [2.75, 3.05) is 7.05 Å². The maximum Gasteiger partial charge on any atom is 0.337 e. The summed E-state index contributed by atoms with van der Waals surface area (Å²) in [7, 11) is 1.97. The summed E-state index contributed by atoms with van der Waals surface area (Å²) in [5, 5.41) is 3.66. The minimum absolute atomic E-state index is 0.0675.